The Morgan fingerprint density at radius 1 is 1.24 bits per heavy atom. The lowest BCUT2D eigenvalue weighted by molar-refractivity contribution is 0.410. The number of nitrogens with two attached hydrogens (primary N) is 1. The lowest BCUT2D eigenvalue weighted by Gasteiger charge is -2.07. The lowest BCUT2D eigenvalue weighted by atomic mass is 10.1. The topological polar surface area (TPSA) is 73.3 Å². The zero-order valence-electron chi connectivity index (χ0n) is 11.8. The van der Waals surface area contributed by atoms with Crippen molar-refractivity contribution in [1.82, 2.24) is 4.98 Å². The second-order valence-electron chi connectivity index (χ2n) is 4.73. The van der Waals surface area contributed by atoms with E-state index in [0.717, 1.165) is 23.3 Å². The largest absolute Gasteiger partial charge is 0.496 e. The zero-order chi connectivity index (χ0) is 14.7. The van der Waals surface area contributed by atoms with Crippen LogP contribution in [0.1, 0.15) is 5.56 Å². The van der Waals surface area contributed by atoms with Crippen LogP contribution in [0.2, 0.25) is 0 Å². The first-order valence-electron chi connectivity index (χ1n) is 6.78. The normalized spacial score (nSPS) is 10.7. The quantitative estimate of drug-likeness (QED) is 0.704. The summed E-state index contributed by atoms with van der Waals surface area (Å²) in [7, 11) is 1.68. The van der Waals surface area contributed by atoms with Gasteiger partial charge in [0.1, 0.15) is 11.3 Å². The monoisotopic (exact) mass is 283 g/mol. The molecule has 0 amide bonds. The number of methoxy groups -OCH3 is 1. The van der Waals surface area contributed by atoms with E-state index in [1.54, 1.807) is 13.2 Å². The predicted molar refractivity (Wildman–Crippen MR) is 83.6 cm³/mol. The van der Waals surface area contributed by atoms with Crippen molar-refractivity contribution in [3.8, 4) is 5.75 Å². The molecule has 0 saturated heterocycles. The fraction of sp³-hybridized carbons (Fsp3) is 0.188. The highest BCUT2D eigenvalue weighted by molar-refractivity contribution is 5.78. The van der Waals surface area contributed by atoms with Gasteiger partial charge in [-0.1, -0.05) is 18.2 Å². The lowest BCUT2D eigenvalue weighted by Crippen LogP contribution is -2.05. The van der Waals surface area contributed by atoms with Crippen LogP contribution < -0.4 is 15.8 Å². The third kappa shape index (κ3) is 2.91. The summed E-state index contributed by atoms with van der Waals surface area (Å²) in [4.78, 5) is 4.36. The maximum atomic E-state index is 5.72. The molecule has 5 heteroatoms. The third-order valence-corrected chi connectivity index (χ3v) is 3.28. The SMILES string of the molecule is COc1ccccc1CCNc1nc2ccc(N)cc2o1. The fourth-order valence-corrected chi connectivity index (χ4v) is 2.23. The van der Waals surface area contributed by atoms with Crippen LogP contribution in [0.5, 0.6) is 5.75 Å². The fourth-order valence-electron chi connectivity index (χ4n) is 2.23. The van der Waals surface area contributed by atoms with Crippen molar-refractivity contribution in [2.75, 3.05) is 24.7 Å². The molecular weight excluding hydrogens is 266 g/mol. The number of nitrogens with zero attached hydrogens (tertiary/aromatic N) is 1. The van der Waals surface area contributed by atoms with Gasteiger partial charge in [-0.2, -0.15) is 4.98 Å². The Bertz CT molecular complexity index is 752. The average Bonchev–Trinajstić information content (AvgIpc) is 2.89. The summed E-state index contributed by atoms with van der Waals surface area (Å²) < 4.78 is 10.9. The molecule has 3 aromatic rings. The molecular formula is C16H17N3O2. The third-order valence-electron chi connectivity index (χ3n) is 3.28. The highest BCUT2D eigenvalue weighted by Crippen LogP contribution is 2.22. The van der Waals surface area contributed by atoms with E-state index >= 15 is 0 Å². The number of para-hydroxylation sites is 1. The first-order chi connectivity index (χ1) is 10.3. The van der Waals surface area contributed by atoms with Crippen molar-refractivity contribution in [3.05, 3.63) is 48.0 Å². The molecule has 0 aliphatic heterocycles. The molecule has 0 unspecified atom stereocenters. The summed E-state index contributed by atoms with van der Waals surface area (Å²) in [5.74, 6) is 0.893. The minimum atomic E-state index is 0.505. The number of rotatable bonds is 5. The molecule has 2 aromatic carbocycles. The number of nitrogens with one attached hydrogen (secondary N) is 1. The molecule has 0 fully saturated rings. The number of nitrogen functional groups attached to an aromatic ring is 1. The van der Waals surface area contributed by atoms with Gasteiger partial charge in [0, 0.05) is 18.3 Å². The van der Waals surface area contributed by atoms with E-state index in [-0.39, 0.29) is 0 Å². The van der Waals surface area contributed by atoms with E-state index in [9.17, 15) is 0 Å². The van der Waals surface area contributed by atoms with E-state index in [1.807, 2.05) is 36.4 Å². The molecule has 0 radical (unpaired) electrons. The number of benzene rings is 2. The van der Waals surface area contributed by atoms with Crippen LogP contribution in [0, 0.1) is 0 Å². The maximum Gasteiger partial charge on any atom is 0.295 e. The van der Waals surface area contributed by atoms with E-state index in [0.29, 0.717) is 23.8 Å². The summed E-state index contributed by atoms with van der Waals surface area (Å²) >= 11 is 0. The van der Waals surface area contributed by atoms with Crippen LogP contribution >= 0.6 is 0 Å². The van der Waals surface area contributed by atoms with E-state index in [4.69, 9.17) is 14.9 Å². The Balaban J connectivity index is 1.66. The van der Waals surface area contributed by atoms with Crippen molar-refractivity contribution in [3.63, 3.8) is 0 Å². The number of fused-ring (bicyclic) bond motifs is 1. The van der Waals surface area contributed by atoms with Gasteiger partial charge < -0.3 is 20.2 Å². The minimum Gasteiger partial charge on any atom is -0.496 e. The molecule has 0 spiro atoms. The Hall–Kier alpha value is -2.69. The highest BCUT2D eigenvalue weighted by atomic mass is 16.5. The maximum absolute atomic E-state index is 5.72. The molecule has 0 bridgehead atoms. The molecule has 0 atom stereocenters. The van der Waals surface area contributed by atoms with E-state index < -0.39 is 0 Å². The molecule has 0 aliphatic carbocycles. The Kier molecular flexibility index (Phi) is 3.64. The zero-order valence-corrected chi connectivity index (χ0v) is 11.8. The van der Waals surface area contributed by atoms with Crippen LogP contribution in [0.3, 0.4) is 0 Å². The summed E-state index contributed by atoms with van der Waals surface area (Å²) in [5.41, 5.74) is 9.02. The number of ether oxygens (including phenoxy) is 1. The minimum absolute atomic E-state index is 0.505. The van der Waals surface area contributed by atoms with E-state index in [1.165, 1.54) is 0 Å². The van der Waals surface area contributed by atoms with Gasteiger partial charge in [-0.05, 0) is 30.2 Å². The standard InChI is InChI=1S/C16H17N3O2/c1-20-14-5-3-2-4-11(14)8-9-18-16-19-13-7-6-12(17)10-15(13)21-16/h2-7,10H,8-9,17H2,1H3,(H,18,19). The first-order valence-corrected chi connectivity index (χ1v) is 6.78. The Morgan fingerprint density at radius 2 is 2.10 bits per heavy atom. The van der Waals surface area contributed by atoms with Crippen molar-refractivity contribution < 1.29 is 9.15 Å². The summed E-state index contributed by atoms with van der Waals surface area (Å²) in [6.45, 7) is 0.711. The van der Waals surface area contributed by atoms with Gasteiger partial charge in [-0.25, -0.2) is 0 Å². The van der Waals surface area contributed by atoms with Gasteiger partial charge in [0.05, 0.1) is 7.11 Å². The van der Waals surface area contributed by atoms with Gasteiger partial charge in [0.25, 0.3) is 6.01 Å². The number of aromatic nitrogens is 1. The van der Waals surface area contributed by atoms with Crippen molar-refractivity contribution in [2.45, 2.75) is 6.42 Å². The van der Waals surface area contributed by atoms with Crippen LogP contribution in [-0.4, -0.2) is 18.6 Å². The molecule has 1 aromatic heterocycles. The smallest absolute Gasteiger partial charge is 0.295 e. The van der Waals surface area contributed by atoms with E-state index in [2.05, 4.69) is 10.3 Å². The Morgan fingerprint density at radius 3 is 2.95 bits per heavy atom. The number of hydrogen-bond acceptors (Lipinski definition) is 5. The van der Waals surface area contributed by atoms with Crippen LogP contribution in [0.15, 0.2) is 46.9 Å². The number of anilines is 2. The molecule has 21 heavy (non-hydrogen) atoms. The van der Waals surface area contributed by atoms with Gasteiger partial charge in [0.2, 0.25) is 0 Å². The second kappa shape index (κ2) is 5.75. The molecule has 5 nitrogen and oxygen atoms in total. The molecule has 108 valence electrons. The Labute approximate surface area is 122 Å². The van der Waals surface area contributed by atoms with Crippen molar-refractivity contribution >= 4 is 22.8 Å². The average molecular weight is 283 g/mol. The molecule has 0 aliphatic rings. The molecule has 1 heterocycles. The van der Waals surface area contributed by atoms with Gasteiger partial charge in [0.15, 0.2) is 5.58 Å². The summed E-state index contributed by atoms with van der Waals surface area (Å²) in [6, 6.07) is 13.9. The first kappa shape index (κ1) is 13.3. The van der Waals surface area contributed by atoms with Crippen molar-refractivity contribution in [1.29, 1.82) is 0 Å². The van der Waals surface area contributed by atoms with Gasteiger partial charge in [-0.15, -0.1) is 0 Å². The predicted octanol–water partition coefficient (Wildman–Crippen LogP) is 3.07. The summed E-state index contributed by atoms with van der Waals surface area (Å²) in [6.07, 6.45) is 0.824. The van der Waals surface area contributed by atoms with Crippen LogP contribution in [-0.2, 0) is 6.42 Å². The molecule has 0 saturated carbocycles. The van der Waals surface area contributed by atoms with Gasteiger partial charge in [-0.3, -0.25) is 0 Å². The summed E-state index contributed by atoms with van der Waals surface area (Å²) in [5, 5.41) is 3.18. The van der Waals surface area contributed by atoms with Crippen LogP contribution in [0.25, 0.3) is 11.1 Å². The van der Waals surface area contributed by atoms with Crippen LogP contribution in [0.4, 0.5) is 11.7 Å². The molecule has 3 rings (SSSR count). The highest BCUT2D eigenvalue weighted by Gasteiger charge is 2.06. The molecule has 3 N–H and O–H groups in total. The van der Waals surface area contributed by atoms with Crippen molar-refractivity contribution in [2.24, 2.45) is 0 Å². The second-order valence-corrected chi connectivity index (χ2v) is 4.73. The number of hydrogen-bond donors (Lipinski definition) is 2. The number of oxazole rings is 1. The van der Waals surface area contributed by atoms with Gasteiger partial charge >= 0.3 is 0 Å².